The maximum atomic E-state index is 12.6. The molecule has 118 valence electrons. The van der Waals surface area contributed by atoms with Gasteiger partial charge in [0.25, 0.3) is 5.91 Å². The lowest BCUT2D eigenvalue weighted by Gasteiger charge is -2.19. The zero-order chi connectivity index (χ0) is 16.6. The lowest BCUT2D eigenvalue weighted by molar-refractivity contribution is 0.0744. The molecule has 0 aliphatic carbocycles. The van der Waals surface area contributed by atoms with Gasteiger partial charge in [0.15, 0.2) is 0 Å². The fraction of sp³-hybridized carbons (Fsp3) is 0.353. The molecule has 0 N–H and O–H groups in total. The van der Waals surface area contributed by atoms with E-state index in [4.69, 9.17) is 0 Å². The Balaban J connectivity index is 1.92. The van der Waals surface area contributed by atoms with Gasteiger partial charge in [0.2, 0.25) is 0 Å². The van der Waals surface area contributed by atoms with E-state index in [1.807, 2.05) is 45.5 Å². The van der Waals surface area contributed by atoms with Gasteiger partial charge in [0.1, 0.15) is 6.04 Å². The number of aryl methyl sites for hydroxylation is 1. The number of amides is 1. The van der Waals surface area contributed by atoms with Crippen LogP contribution < -0.4 is 0 Å². The number of nitriles is 1. The molecule has 0 spiro atoms. The van der Waals surface area contributed by atoms with Crippen LogP contribution in [-0.2, 0) is 20.1 Å². The Bertz CT molecular complexity index is 787. The molecule has 1 aliphatic heterocycles. The molecule has 1 unspecified atom stereocenters. The van der Waals surface area contributed by atoms with Crippen molar-refractivity contribution in [2.75, 3.05) is 14.1 Å². The first-order chi connectivity index (χ1) is 11.0. The number of carbonyl (C=O) groups excluding carboxylic acids is 1. The van der Waals surface area contributed by atoms with Crippen molar-refractivity contribution in [3.8, 4) is 6.07 Å². The van der Waals surface area contributed by atoms with Crippen molar-refractivity contribution < 1.29 is 4.79 Å². The summed E-state index contributed by atoms with van der Waals surface area (Å²) in [7, 11) is 5.82. The molecule has 0 fully saturated rings. The summed E-state index contributed by atoms with van der Waals surface area (Å²) >= 11 is 0. The van der Waals surface area contributed by atoms with Crippen molar-refractivity contribution in [2.45, 2.75) is 19.1 Å². The molecule has 1 amide bonds. The standard InChI is InChI=1S/C17H19N5O/c1-20(2)9-12-4-5-14-15(6-12)16(7-18)22(17(14)23)11-13-8-19-21(3)10-13/h4-6,8,10,16H,9,11H2,1-3H3. The smallest absolute Gasteiger partial charge is 0.255 e. The van der Waals surface area contributed by atoms with E-state index in [1.54, 1.807) is 15.8 Å². The van der Waals surface area contributed by atoms with Gasteiger partial charge in [-0.15, -0.1) is 0 Å². The summed E-state index contributed by atoms with van der Waals surface area (Å²) in [6.07, 6.45) is 3.59. The predicted octanol–water partition coefficient (Wildman–Crippen LogP) is 1.70. The molecule has 23 heavy (non-hydrogen) atoms. The summed E-state index contributed by atoms with van der Waals surface area (Å²) in [5, 5.41) is 13.7. The monoisotopic (exact) mass is 309 g/mol. The zero-order valence-electron chi connectivity index (χ0n) is 13.5. The molecule has 6 nitrogen and oxygen atoms in total. The Hall–Kier alpha value is -2.65. The molecule has 2 heterocycles. The summed E-state index contributed by atoms with van der Waals surface area (Å²) in [5.41, 5.74) is 3.45. The van der Waals surface area contributed by atoms with E-state index >= 15 is 0 Å². The summed E-state index contributed by atoms with van der Waals surface area (Å²) in [6, 6.07) is 7.50. The van der Waals surface area contributed by atoms with E-state index in [2.05, 4.69) is 16.1 Å². The minimum absolute atomic E-state index is 0.0909. The van der Waals surface area contributed by atoms with Crippen LogP contribution >= 0.6 is 0 Å². The minimum atomic E-state index is -0.542. The Labute approximate surface area is 135 Å². The topological polar surface area (TPSA) is 65.2 Å². The van der Waals surface area contributed by atoms with E-state index in [1.165, 1.54) is 0 Å². The van der Waals surface area contributed by atoms with Crippen molar-refractivity contribution in [3.63, 3.8) is 0 Å². The molecule has 6 heteroatoms. The van der Waals surface area contributed by atoms with Crippen LogP contribution in [0.25, 0.3) is 0 Å². The molecule has 0 saturated carbocycles. The number of hydrogen-bond donors (Lipinski definition) is 0. The Morgan fingerprint density at radius 2 is 2.13 bits per heavy atom. The number of fused-ring (bicyclic) bond motifs is 1. The highest BCUT2D eigenvalue weighted by Crippen LogP contribution is 2.35. The van der Waals surface area contributed by atoms with E-state index in [0.717, 1.165) is 23.2 Å². The number of rotatable bonds is 4. The van der Waals surface area contributed by atoms with Gasteiger partial charge in [0.05, 0.1) is 18.8 Å². The summed E-state index contributed by atoms with van der Waals surface area (Å²) < 4.78 is 1.69. The molecule has 1 aromatic heterocycles. The Morgan fingerprint density at radius 1 is 1.35 bits per heavy atom. The Kier molecular flexibility index (Phi) is 3.89. The zero-order valence-corrected chi connectivity index (χ0v) is 13.5. The third kappa shape index (κ3) is 2.83. The van der Waals surface area contributed by atoms with Crippen LogP contribution in [0.5, 0.6) is 0 Å². The van der Waals surface area contributed by atoms with Crippen LogP contribution in [0, 0.1) is 11.3 Å². The van der Waals surface area contributed by atoms with Crippen molar-refractivity contribution >= 4 is 5.91 Å². The van der Waals surface area contributed by atoms with Gasteiger partial charge < -0.3 is 9.80 Å². The second kappa shape index (κ2) is 5.86. The highest BCUT2D eigenvalue weighted by molar-refractivity contribution is 5.99. The number of carbonyl (C=O) groups is 1. The lowest BCUT2D eigenvalue weighted by atomic mass is 10.0. The highest BCUT2D eigenvalue weighted by Gasteiger charge is 2.37. The molecule has 1 aromatic carbocycles. The van der Waals surface area contributed by atoms with E-state index in [-0.39, 0.29) is 5.91 Å². The highest BCUT2D eigenvalue weighted by atomic mass is 16.2. The second-order valence-corrected chi connectivity index (χ2v) is 6.15. The average molecular weight is 309 g/mol. The largest absolute Gasteiger partial charge is 0.314 e. The molecule has 1 atom stereocenters. The van der Waals surface area contributed by atoms with Gasteiger partial charge in [-0.3, -0.25) is 9.48 Å². The average Bonchev–Trinajstić information content (AvgIpc) is 3.01. The molecule has 3 rings (SSSR count). The van der Waals surface area contributed by atoms with Gasteiger partial charge in [-0.05, 0) is 25.7 Å². The summed E-state index contributed by atoms with van der Waals surface area (Å²) in [4.78, 5) is 16.3. The second-order valence-electron chi connectivity index (χ2n) is 6.15. The molecular weight excluding hydrogens is 290 g/mol. The molecular formula is C17H19N5O. The minimum Gasteiger partial charge on any atom is -0.314 e. The quantitative estimate of drug-likeness (QED) is 0.862. The van der Waals surface area contributed by atoms with Crippen LogP contribution in [0.15, 0.2) is 30.6 Å². The van der Waals surface area contributed by atoms with E-state index in [0.29, 0.717) is 12.1 Å². The lowest BCUT2D eigenvalue weighted by Crippen LogP contribution is -2.26. The van der Waals surface area contributed by atoms with E-state index in [9.17, 15) is 10.1 Å². The molecule has 2 aromatic rings. The van der Waals surface area contributed by atoms with Gasteiger partial charge in [-0.2, -0.15) is 10.4 Å². The van der Waals surface area contributed by atoms with Gasteiger partial charge in [-0.1, -0.05) is 12.1 Å². The number of aromatic nitrogens is 2. The number of hydrogen-bond acceptors (Lipinski definition) is 4. The SMILES string of the molecule is CN(C)Cc1ccc2c(c1)C(C#N)N(Cc1cnn(C)c1)C2=O. The van der Waals surface area contributed by atoms with Crippen molar-refractivity contribution in [2.24, 2.45) is 7.05 Å². The molecule has 0 radical (unpaired) electrons. The molecule has 1 aliphatic rings. The molecule has 0 saturated heterocycles. The van der Waals surface area contributed by atoms with Crippen LogP contribution in [0.4, 0.5) is 0 Å². The maximum absolute atomic E-state index is 12.6. The first kappa shape index (κ1) is 15.3. The first-order valence-corrected chi connectivity index (χ1v) is 7.45. The van der Waals surface area contributed by atoms with Gasteiger partial charge in [0, 0.05) is 36.5 Å². The maximum Gasteiger partial charge on any atom is 0.255 e. The van der Waals surface area contributed by atoms with Crippen LogP contribution in [0.1, 0.15) is 33.1 Å². The third-order valence-corrected chi connectivity index (χ3v) is 3.95. The van der Waals surface area contributed by atoms with Crippen molar-refractivity contribution in [3.05, 3.63) is 52.8 Å². The van der Waals surface area contributed by atoms with Crippen molar-refractivity contribution in [1.82, 2.24) is 19.6 Å². The normalized spacial score (nSPS) is 16.7. The number of nitrogens with zero attached hydrogens (tertiary/aromatic N) is 5. The van der Waals surface area contributed by atoms with Crippen molar-refractivity contribution in [1.29, 1.82) is 5.26 Å². The predicted molar refractivity (Wildman–Crippen MR) is 85.3 cm³/mol. The van der Waals surface area contributed by atoms with Gasteiger partial charge >= 0.3 is 0 Å². The fourth-order valence-electron chi connectivity index (χ4n) is 2.99. The van der Waals surface area contributed by atoms with Crippen LogP contribution in [-0.4, -0.2) is 39.6 Å². The van der Waals surface area contributed by atoms with Gasteiger partial charge in [-0.25, -0.2) is 0 Å². The third-order valence-electron chi connectivity index (χ3n) is 3.95. The van der Waals surface area contributed by atoms with Crippen LogP contribution in [0.3, 0.4) is 0 Å². The van der Waals surface area contributed by atoms with Crippen LogP contribution in [0.2, 0.25) is 0 Å². The number of benzene rings is 1. The molecule has 0 bridgehead atoms. The summed E-state index contributed by atoms with van der Waals surface area (Å²) in [5.74, 6) is -0.0909. The fourth-order valence-corrected chi connectivity index (χ4v) is 2.99. The summed E-state index contributed by atoms with van der Waals surface area (Å²) in [6.45, 7) is 1.17. The Morgan fingerprint density at radius 3 is 2.74 bits per heavy atom. The first-order valence-electron chi connectivity index (χ1n) is 7.45. The van der Waals surface area contributed by atoms with E-state index < -0.39 is 6.04 Å².